The van der Waals surface area contributed by atoms with E-state index in [4.69, 9.17) is 0 Å². The maximum atomic E-state index is 12.2. The number of aromatic amines is 1. The van der Waals surface area contributed by atoms with Gasteiger partial charge in [0.2, 0.25) is 0 Å². The number of nitrogens with one attached hydrogen (secondary N) is 2. The quantitative estimate of drug-likeness (QED) is 0.861. The van der Waals surface area contributed by atoms with Crippen LogP contribution in [0.15, 0.2) is 46.0 Å². The number of benzene rings is 1. The van der Waals surface area contributed by atoms with E-state index in [0.717, 1.165) is 18.4 Å². The molecule has 0 amide bonds. The fourth-order valence-electron chi connectivity index (χ4n) is 2.64. The molecule has 0 radical (unpaired) electrons. The maximum Gasteiger partial charge on any atom is 0.330 e. The van der Waals surface area contributed by atoms with Gasteiger partial charge in [0.05, 0.1) is 0 Å². The highest BCUT2D eigenvalue weighted by Crippen LogP contribution is 2.16. The second-order valence-electron chi connectivity index (χ2n) is 5.44. The van der Waals surface area contributed by atoms with Gasteiger partial charge in [0.1, 0.15) is 5.82 Å². The molecule has 1 heterocycles. The van der Waals surface area contributed by atoms with E-state index < -0.39 is 0 Å². The van der Waals surface area contributed by atoms with Crippen molar-refractivity contribution in [2.45, 2.75) is 45.7 Å². The summed E-state index contributed by atoms with van der Waals surface area (Å²) in [4.78, 5) is 27.2. The molecule has 2 aromatic rings. The zero-order valence-electron chi connectivity index (χ0n) is 13.3. The van der Waals surface area contributed by atoms with Crippen LogP contribution in [-0.2, 0) is 0 Å². The largest absolute Gasteiger partial charge is 0.365 e. The lowest BCUT2D eigenvalue weighted by Gasteiger charge is -2.18. The monoisotopic (exact) mass is 301 g/mol. The van der Waals surface area contributed by atoms with E-state index in [-0.39, 0.29) is 23.3 Å². The summed E-state index contributed by atoms with van der Waals surface area (Å²) in [6.07, 6.45) is 1.51. The maximum absolute atomic E-state index is 12.2. The molecule has 0 aliphatic rings. The van der Waals surface area contributed by atoms with E-state index in [1.165, 1.54) is 10.6 Å². The van der Waals surface area contributed by atoms with Gasteiger partial charge in [-0.1, -0.05) is 44.2 Å². The molecule has 0 fully saturated rings. The first kappa shape index (κ1) is 16.1. The standard InChI is InChI=1S/C17H23N3O2/c1-4-14(5-2)20-16(21)11-15(19-17(20)22)18-12(3)13-9-7-6-8-10-13/h6-12,14,18H,4-5H2,1-3H3,(H,19,22). The zero-order valence-corrected chi connectivity index (χ0v) is 13.3. The summed E-state index contributed by atoms with van der Waals surface area (Å²) in [7, 11) is 0. The van der Waals surface area contributed by atoms with Gasteiger partial charge in [-0.3, -0.25) is 14.3 Å². The fourth-order valence-corrected chi connectivity index (χ4v) is 2.64. The molecule has 2 rings (SSSR count). The molecular formula is C17H23N3O2. The van der Waals surface area contributed by atoms with Gasteiger partial charge >= 0.3 is 5.69 Å². The van der Waals surface area contributed by atoms with Crippen molar-refractivity contribution < 1.29 is 0 Å². The first-order valence-electron chi connectivity index (χ1n) is 7.74. The lowest BCUT2D eigenvalue weighted by molar-refractivity contribution is 0.439. The van der Waals surface area contributed by atoms with Crippen molar-refractivity contribution in [2.24, 2.45) is 0 Å². The minimum atomic E-state index is -0.357. The zero-order chi connectivity index (χ0) is 16.1. The highest BCUT2D eigenvalue weighted by atomic mass is 16.2. The number of hydrogen-bond acceptors (Lipinski definition) is 3. The summed E-state index contributed by atoms with van der Waals surface area (Å²) in [5.41, 5.74) is 0.469. The van der Waals surface area contributed by atoms with Crippen molar-refractivity contribution in [3.8, 4) is 0 Å². The van der Waals surface area contributed by atoms with Crippen LogP contribution >= 0.6 is 0 Å². The summed E-state index contributed by atoms with van der Waals surface area (Å²) in [5.74, 6) is 0.452. The molecule has 1 aromatic heterocycles. The Morgan fingerprint density at radius 1 is 1.14 bits per heavy atom. The van der Waals surface area contributed by atoms with Gasteiger partial charge in [0.25, 0.3) is 5.56 Å². The normalized spacial score (nSPS) is 12.4. The van der Waals surface area contributed by atoms with Crippen LogP contribution in [0.1, 0.15) is 51.3 Å². The highest BCUT2D eigenvalue weighted by molar-refractivity contribution is 5.36. The fraction of sp³-hybridized carbons (Fsp3) is 0.412. The van der Waals surface area contributed by atoms with Crippen LogP contribution in [0.25, 0.3) is 0 Å². The van der Waals surface area contributed by atoms with Crippen molar-refractivity contribution in [1.29, 1.82) is 0 Å². The summed E-state index contributed by atoms with van der Waals surface area (Å²) in [6, 6.07) is 11.3. The smallest absolute Gasteiger partial charge is 0.330 e. The van der Waals surface area contributed by atoms with E-state index in [1.54, 1.807) is 0 Å². The minimum absolute atomic E-state index is 0.000229. The Balaban J connectivity index is 2.28. The van der Waals surface area contributed by atoms with Crippen LogP contribution in [0.5, 0.6) is 0 Å². The van der Waals surface area contributed by atoms with Gasteiger partial charge < -0.3 is 5.32 Å². The van der Waals surface area contributed by atoms with Crippen molar-refractivity contribution >= 4 is 5.82 Å². The number of H-pyrrole nitrogens is 1. The van der Waals surface area contributed by atoms with Gasteiger partial charge in [-0.15, -0.1) is 0 Å². The van der Waals surface area contributed by atoms with Gasteiger partial charge in [0.15, 0.2) is 0 Å². The highest BCUT2D eigenvalue weighted by Gasteiger charge is 2.13. The first-order valence-corrected chi connectivity index (χ1v) is 7.74. The molecular weight excluding hydrogens is 278 g/mol. The predicted molar refractivity (Wildman–Crippen MR) is 89.4 cm³/mol. The van der Waals surface area contributed by atoms with Crippen LogP contribution in [-0.4, -0.2) is 9.55 Å². The molecule has 1 unspecified atom stereocenters. The van der Waals surface area contributed by atoms with Gasteiger partial charge in [-0.2, -0.15) is 0 Å². The average molecular weight is 301 g/mol. The Labute approximate surface area is 130 Å². The van der Waals surface area contributed by atoms with E-state index in [0.29, 0.717) is 5.82 Å². The Morgan fingerprint density at radius 3 is 2.32 bits per heavy atom. The Hall–Kier alpha value is -2.30. The second-order valence-corrected chi connectivity index (χ2v) is 5.44. The molecule has 0 bridgehead atoms. The molecule has 1 atom stereocenters. The van der Waals surface area contributed by atoms with Crippen LogP contribution in [0.4, 0.5) is 5.82 Å². The molecule has 0 saturated heterocycles. The number of nitrogens with zero attached hydrogens (tertiary/aromatic N) is 1. The molecule has 0 saturated carbocycles. The summed E-state index contributed by atoms with van der Waals surface area (Å²) >= 11 is 0. The second kappa shape index (κ2) is 7.11. The molecule has 5 nitrogen and oxygen atoms in total. The third-order valence-corrected chi connectivity index (χ3v) is 3.94. The van der Waals surface area contributed by atoms with E-state index >= 15 is 0 Å². The summed E-state index contributed by atoms with van der Waals surface area (Å²) in [5, 5.41) is 3.17. The Kier molecular flexibility index (Phi) is 5.20. The lowest BCUT2D eigenvalue weighted by atomic mass is 10.1. The van der Waals surface area contributed by atoms with Crippen LogP contribution in [0.2, 0.25) is 0 Å². The SMILES string of the molecule is CCC(CC)n1c(=O)cc(NC(C)c2ccccc2)[nH]c1=O. The van der Waals surface area contributed by atoms with Gasteiger partial charge in [-0.25, -0.2) is 4.79 Å². The molecule has 0 spiro atoms. The van der Waals surface area contributed by atoms with E-state index in [2.05, 4.69) is 10.3 Å². The van der Waals surface area contributed by atoms with Crippen molar-refractivity contribution in [3.05, 3.63) is 62.8 Å². The molecule has 118 valence electrons. The Morgan fingerprint density at radius 2 is 1.77 bits per heavy atom. The van der Waals surface area contributed by atoms with E-state index in [9.17, 15) is 9.59 Å². The van der Waals surface area contributed by atoms with Crippen LogP contribution < -0.4 is 16.6 Å². The van der Waals surface area contributed by atoms with Crippen molar-refractivity contribution in [2.75, 3.05) is 5.32 Å². The van der Waals surface area contributed by atoms with Crippen LogP contribution in [0, 0.1) is 0 Å². The number of hydrogen-bond donors (Lipinski definition) is 2. The molecule has 22 heavy (non-hydrogen) atoms. The topological polar surface area (TPSA) is 66.9 Å². The first-order chi connectivity index (χ1) is 10.6. The Bertz CT molecular complexity index is 683. The molecule has 0 aliphatic heterocycles. The van der Waals surface area contributed by atoms with Gasteiger partial charge in [-0.05, 0) is 25.3 Å². The van der Waals surface area contributed by atoms with E-state index in [1.807, 2.05) is 51.1 Å². The number of anilines is 1. The molecule has 2 N–H and O–H groups in total. The molecule has 5 heteroatoms. The molecule has 1 aromatic carbocycles. The predicted octanol–water partition coefficient (Wildman–Crippen LogP) is 3.07. The number of aromatic nitrogens is 2. The molecule has 0 aliphatic carbocycles. The summed E-state index contributed by atoms with van der Waals surface area (Å²) < 4.78 is 1.30. The number of rotatable bonds is 6. The average Bonchev–Trinajstić information content (AvgIpc) is 2.51. The van der Waals surface area contributed by atoms with Crippen LogP contribution in [0.3, 0.4) is 0 Å². The lowest BCUT2D eigenvalue weighted by Crippen LogP contribution is -2.38. The third kappa shape index (κ3) is 3.47. The van der Waals surface area contributed by atoms with Crippen molar-refractivity contribution in [1.82, 2.24) is 9.55 Å². The van der Waals surface area contributed by atoms with Crippen molar-refractivity contribution in [3.63, 3.8) is 0 Å². The summed E-state index contributed by atoms with van der Waals surface area (Å²) in [6.45, 7) is 5.94. The minimum Gasteiger partial charge on any atom is -0.365 e. The third-order valence-electron chi connectivity index (χ3n) is 3.94. The van der Waals surface area contributed by atoms with Gasteiger partial charge in [0, 0.05) is 18.2 Å².